The van der Waals surface area contributed by atoms with E-state index in [1.165, 1.54) is 0 Å². The van der Waals surface area contributed by atoms with Gasteiger partial charge in [-0.25, -0.2) is 0 Å². The van der Waals surface area contributed by atoms with Gasteiger partial charge in [0.15, 0.2) is 0 Å². The van der Waals surface area contributed by atoms with Crippen molar-refractivity contribution in [2.75, 3.05) is 0 Å². The zero-order chi connectivity index (χ0) is 6.78. The fourth-order valence-electron chi connectivity index (χ4n) is 0.463. The van der Waals surface area contributed by atoms with E-state index in [0.29, 0.717) is 5.92 Å². The van der Waals surface area contributed by atoms with Crippen LogP contribution in [-0.2, 0) is 16.7 Å². The molecule has 0 aromatic rings. The Labute approximate surface area is 65.5 Å². The van der Waals surface area contributed by atoms with E-state index in [9.17, 15) is 0 Å². The normalized spacial score (nSPS) is 12.8. The van der Waals surface area contributed by atoms with E-state index in [-0.39, 0.29) is 0 Å². The average Bonchev–Trinajstić information content (AvgIpc) is 1.21. The van der Waals surface area contributed by atoms with Gasteiger partial charge in [0, 0.05) is 0 Å². The van der Waals surface area contributed by atoms with Gasteiger partial charge < -0.3 is 0 Å². The van der Waals surface area contributed by atoms with Gasteiger partial charge in [-0.2, -0.15) is 0 Å². The first kappa shape index (κ1) is 9.75. The molecular formula is C4H9Cl3Zr. The van der Waals surface area contributed by atoms with Crippen LogP contribution in [0, 0.1) is 5.92 Å². The Morgan fingerprint density at radius 1 is 1.25 bits per heavy atom. The summed E-state index contributed by atoms with van der Waals surface area (Å²) in [5, 5.41) is 0. The minimum absolute atomic E-state index is 0.540. The van der Waals surface area contributed by atoms with E-state index in [4.69, 9.17) is 25.5 Å². The van der Waals surface area contributed by atoms with Crippen LogP contribution in [0.4, 0.5) is 0 Å². The second kappa shape index (κ2) is 3.81. The number of hydrogen-bond acceptors (Lipinski definition) is 0. The van der Waals surface area contributed by atoms with Gasteiger partial charge in [-0.3, -0.25) is 0 Å². The van der Waals surface area contributed by atoms with Crippen molar-refractivity contribution in [3.63, 3.8) is 0 Å². The average molecular weight is 255 g/mol. The standard InChI is InChI=1S/C4H9.3ClH.Zr/c1-4(2)3;;;;/h4H,1H2,2-3H3;3*1H;/q;;;;+3/p-3. The Kier molecular flexibility index (Phi) is 4.64. The van der Waals surface area contributed by atoms with Crippen LogP contribution in [0.1, 0.15) is 13.8 Å². The third-order valence-corrected chi connectivity index (χ3v) is 6.52. The van der Waals surface area contributed by atoms with Crippen LogP contribution in [0.2, 0.25) is 4.13 Å². The first-order valence-corrected chi connectivity index (χ1v) is 13.7. The van der Waals surface area contributed by atoms with Crippen molar-refractivity contribution in [2.24, 2.45) is 5.92 Å². The third-order valence-electron chi connectivity index (χ3n) is 0.640. The maximum atomic E-state index is 5.67. The predicted octanol–water partition coefficient (Wildman–Crippen LogP) is 3.68. The van der Waals surface area contributed by atoms with Crippen molar-refractivity contribution < 1.29 is 16.7 Å². The van der Waals surface area contributed by atoms with Crippen LogP contribution in [0.15, 0.2) is 0 Å². The number of halogens is 3. The zero-order valence-corrected chi connectivity index (χ0v) is 9.64. The zero-order valence-electron chi connectivity index (χ0n) is 4.92. The summed E-state index contributed by atoms with van der Waals surface area (Å²) >= 11 is -2.94. The number of rotatable bonds is 2. The van der Waals surface area contributed by atoms with Crippen molar-refractivity contribution in [1.82, 2.24) is 0 Å². The van der Waals surface area contributed by atoms with Gasteiger partial charge in [0.2, 0.25) is 0 Å². The summed E-state index contributed by atoms with van der Waals surface area (Å²) in [5.41, 5.74) is 0. The molecule has 4 heteroatoms. The molecule has 0 aliphatic rings. The molecule has 0 rings (SSSR count). The van der Waals surface area contributed by atoms with Crippen molar-refractivity contribution in [3.8, 4) is 0 Å². The summed E-state index contributed by atoms with van der Waals surface area (Å²) in [6.07, 6.45) is 0. The molecule has 0 bridgehead atoms. The molecule has 0 atom stereocenters. The molecule has 0 aromatic heterocycles. The molecule has 0 spiro atoms. The van der Waals surface area contributed by atoms with Gasteiger partial charge in [-0.05, 0) is 0 Å². The molecule has 0 radical (unpaired) electrons. The Morgan fingerprint density at radius 3 is 1.62 bits per heavy atom. The second-order valence-electron chi connectivity index (χ2n) is 2.21. The second-order valence-corrected chi connectivity index (χ2v) is 21.1. The fraction of sp³-hybridized carbons (Fsp3) is 1.00. The SMILES string of the molecule is CC(C)[CH2][Zr]([Cl])([Cl])[Cl]. The summed E-state index contributed by atoms with van der Waals surface area (Å²) in [7, 11) is 17.0. The molecule has 0 heterocycles. The van der Waals surface area contributed by atoms with Crippen molar-refractivity contribution in [1.29, 1.82) is 0 Å². The monoisotopic (exact) mass is 252 g/mol. The molecule has 0 N–H and O–H groups in total. The topological polar surface area (TPSA) is 0 Å². The van der Waals surface area contributed by atoms with Crippen molar-refractivity contribution in [2.45, 2.75) is 18.0 Å². The van der Waals surface area contributed by atoms with E-state index < -0.39 is 16.7 Å². The molecule has 0 fully saturated rings. The molecular weight excluding hydrogens is 246 g/mol. The first-order valence-electron chi connectivity index (χ1n) is 2.48. The van der Waals surface area contributed by atoms with E-state index in [0.717, 1.165) is 4.13 Å². The summed E-state index contributed by atoms with van der Waals surface area (Å²) in [6.45, 7) is 4.14. The van der Waals surface area contributed by atoms with Crippen molar-refractivity contribution >= 4 is 25.5 Å². The van der Waals surface area contributed by atoms with Crippen LogP contribution in [0.5, 0.6) is 0 Å². The van der Waals surface area contributed by atoms with Gasteiger partial charge in [0.05, 0.1) is 0 Å². The summed E-state index contributed by atoms with van der Waals surface area (Å²) in [4.78, 5) is 0. The summed E-state index contributed by atoms with van der Waals surface area (Å²) in [6, 6.07) is 0. The van der Waals surface area contributed by atoms with E-state index in [1.807, 2.05) is 0 Å². The van der Waals surface area contributed by atoms with E-state index >= 15 is 0 Å². The number of hydrogen-bond donors (Lipinski definition) is 0. The van der Waals surface area contributed by atoms with E-state index in [2.05, 4.69) is 13.8 Å². The van der Waals surface area contributed by atoms with Gasteiger partial charge in [0.25, 0.3) is 0 Å². The van der Waals surface area contributed by atoms with Gasteiger partial charge >= 0.3 is 66.1 Å². The molecule has 0 aromatic carbocycles. The fourth-order valence-corrected chi connectivity index (χ4v) is 8.22. The Bertz CT molecular complexity index is 66.2. The van der Waals surface area contributed by atoms with Gasteiger partial charge in [-0.1, -0.05) is 0 Å². The van der Waals surface area contributed by atoms with Crippen LogP contribution in [0.25, 0.3) is 0 Å². The Hall–Kier alpha value is 1.75. The van der Waals surface area contributed by atoms with E-state index in [1.54, 1.807) is 0 Å². The van der Waals surface area contributed by atoms with Crippen LogP contribution >= 0.6 is 25.5 Å². The molecule has 50 valence electrons. The Morgan fingerprint density at radius 2 is 1.62 bits per heavy atom. The Balaban J connectivity index is 3.39. The molecule has 0 unspecified atom stereocenters. The molecule has 0 saturated carbocycles. The molecule has 0 saturated heterocycles. The summed E-state index contributed by atoms with van der Waals surface area (Å²) in [5.74, 6) is 0.540. The van der Waals surface area contributed by atoms with Crippen LogP contribution in [-0.4, -0.2) is 0 Å². The predicted molar refractivity (Wildman–Crippen MR) is 37.2 cm³/mol. The van der Waals surface area contributed by atoms with Gasteiger partial charge in [-0.15, -0.1) is 0 Å². The summed E-state index contributed by atoms with van der Waals surface area (Å²) < 4.78 is 0.833. The molecule has 0 aliphatic carbocycles. The maximum absolute atomic E-state index is 5.67. The molecule has 0 amide bonds. The van der Waals surface area contributed by atoms with Crippen LogP contribution < -0.4 is 0 Å². The van der Waals surface area contributed by atoms with Crippen molar-refractivity contribution in [3.05, 3.63) is 0 Å². The molecule has 8 heavy (non-hydrogen) atoms. The molecule has 0 nitrogen and oxygen atoms in total. The third kappa shape index (κ3) is 7.75. The first-order chi connectivity index (χ1) is 3.42. The minimum atomic E-state index is -2.94. The van der Waals surface area contributed by atoms with Gasteiger partial charge in [0.1, 0.15) is 0 Å². The van der Waals surface area contributed by atoms with Crippen LogP contribution in [0.3, 0.4) is 0 Å². The quantitative estimate of drug-likeness (QED) is 0.705. The molecule has 0 aliphatic heterocycles.